The van der Waals surface area contributed by atoms with Gasteiger partial charge in [0.25, 0.3) is 0 Å². The molecule has 1 aromatic carbocycles. The molecule has 1 heterocycles. The SMILES string of the molecule is Cc1ccc(-n2cncc2C(C)N)c(Cl)c1. The van der Waals surface area contributed by atoms with Gasteiger partial charge in [0.2, 0.25) is 0 Å². The van der Waals surface area contributed by atoms with E-state index in [1.807, 2.05) is 36.6 Å². The first-order valence-electron chi connectivity index (χ1n) is 5.14. The van der Waals surface area contributed by atoms with Gasteiger partial charge in [-0.25, -0.2) is 4.98 Å². The fourth-order valence-corrected chi connectivity index (χ4v) is 1.98. The predicted octanol–water partition coefficient (Wildman–Crippen LogP) is 2.85. The van der Waals surface area contributed by atoms with Crippen LogP contribution in [0.3, 0.4) is 0 Å². The maximum atomic E-state index is 6.21. The molecule has 0 aliphatic carbocycles. The molecule has 0 saturated carbocycles. The van der Waals surface area contributed by atoms with Crippen LogP contribution in [0.1, 0.15) is 24.2 Å². The Balaban J connectivity index is 2.54. The third-order valence-electron chi connectivity index (χ3n) is 2.50. The van der Waals surface area contributed by atoms with Gasteiger partial charge in [-0.1, -0.05) is 17.7 Å². The summed E-state index contributed by atoms with van der Waals surface area (Å²) >= 11 is 6.21. The number of hydrogen-bond donors (Lipinski definition) is 1. The van der Waals surface area contributed by atoms with E-state index in [0.29, 0.717) is 5.02 Å². The minimum absolute atomic E-state index is 0.0696. The summed E-state index contributed by atoms with van der Waals surface area (Å²) in [6.45, 7) is 3.94. The maximum Gasteiger partial charge on any atom is 0.0995 e. The predicted molar refractivity (Wildman–Crippen MR) is 65.9 cm³/mol. The van der Waals surface area contributed by atoms with Crippen LogP contribution in [0, 0.1) is 6.92 Å². The van der Waals surface area contributed by atoms with Crippen molar-refractivity contribution in [3.63, 3.8) is 0 Å². The second-order valence-corrected chi connectivity index (χ2v) is 4.34. The lowest BCUT2D eigenvalue weighted by molar-refractivity contribution is 0.752. The Bertz CT molecular complexity index is 503. The molecule has 2 N–H and O–H groups in total. The quantitative estimate of drug-likeness (QED) is 0.870. The number of benzene rings is 1. The van der Waals surface area contributed by atoms with E-state index < -0.39 is 0 Å². The fraction of sp³-hybridized carbons (Fsp3) is 0.250. The highest BCUT2D eigenvalue weighted by Gasteiger charge is 2.10. The lowest BCUT2D eigenvalue weighted by atomic mass is 10.2. The number of halogens is 1. The Labute approximate surface area is 99.9 Å². The van der Waals surface area contributed by atoms with Crippen molar-refractivity contribution in [1.29, 1.82) is 0 Å². The largest absolute Gasteiger partial charge is 0.323 e. The average Bonchev–Trinajstić information content (AvgIpc) is 2.66. The Morgan fingerprint density at radius 1 is 1.44 bits per heavy atom. The van der Waals surface area contributed by atoms with Crippen LogP contribution in [0.15, 0.2) is 30.7 Å². The summed E-state index contributed by atoms with van der Waals surface area (Å²) in [7, 11) is 0. The van der Waals surface area contributed by atoms with Crippen molar-refractivity contribution < 1.29 is 0 Å². The molecular weight excluding hydrogens is 222 g/mol. The molecule has 0 bridgehead atoms. The van der Waals surface area contributed by atoms with Crippen molar-refractivity contribution in [2.24, 2.45) is 5.73 Å². The van der Waals surface area contributed by atoms with E-state index >= 15 is 0 Å². The van der Waals surface area contributed by atoms with Crippen LogP contribution >= 0.6 is 11.6 Å². The van der Waals surface area contributed by atoms with Crippen LogP contribution < -0.4 is 5.73 Å². The minimum Gasteiger partial charge on any atom is -0.323 e. The van der Waals surface area contributed by atoms with Crippen LogP contribution in [0.25, 0.3) is 5.69 Å². The first-order valence-corrected chi connectivity index (χ1v) is 5.51. The first kappa shape index (κ1) is 11.2. The monoisotopic (exact) mass is 235 g/mol. The molecule has 2 rings (SSSR count). The number of rotatable bonds is 2. The second-order valence-electron chi connectivity index (χ2n) is 3.93. The molecule has 1 aromatic heterocycles. The first-order chi connectivity index (χ1) is 7.59. The smallest absolute Gasteiger partial charge is 0.0995 e. The average molecular weight is 236 g/mol. The summed E-state index contributed by atoms with van der Waals surface area (Å²) in [5, 5.41) is 0.708. The van der Waals surface area contributed by atoms with Gasteiger partial charge >= 0.3 is 0 Å². The van der Waals surface area contributed by atoms with Gasteiger partial charge < -0.3 is 10.3 Å². The zero-order chi connectivity index (χ0) is 11.7. The molecule has 84 valence electrons. The third kappa shape index (κ3) is 1.96. The Morgan fingerprint density at radius 3 is 2.81 bits per heavy atom. The lowest BCUT2D eigenvalue weighted by Gasteiger charge is -2.12. The van der Waals surface area contributed by atoms with Crippen molar-refractivity contribution in [2.45, 2.75) is 19.9 Å². The van der Waals surface area contributed by atoms with Crippen molar-refractivity contribution in [3.8, 4) is 5.69 Å². The maximum absolute atomic E-state index is 6.21. The molecule has 4 heteroatoms. The van der Waals surface area contributed by atoms with Gasteiger partial charge in [-0.2, -0.15) is 0 Å². The van der Waals surface area contributed by atoms with Crippen LogP contribution in [0.5, 0.6) is 0 Å². The van der Waals surface area contributed by atoms with Gasteiger partial charge in [0, 0.05) is 6.04 Å². The van der Waals surface area contributed by atoms with E-state index in [4.69, 9.17) is 17.3 Å². The summed E-state index contributed by atoms with van der Waals surface area (Å²) in [6, 6.07) is 5.86. The number of aryl methyl sites for hydroxylation is 1. The van der Waals surface area contributed by atoms with E-state index in [1.165, 1.54) is 0 Å². The van der Waals surface area contributed by atoms with E-state index in [0.717, 1.165) is 16.9 Å². The van der Waals surface area contributed by atoms with Crippen LogP contribution in [-0.2, 0) is 0 Å². The topological polar surface area (TPSA) is 43.8 Å². The van der Waals surface area contributed by atoms with Gasteiger partial charge in [-0.3, -0.25) is 0 Å². The molecule has 2 aromatic rings. The van der Waals surface area contributed by atoms with Gasteiger partial charge in [-0.15, -0.1) is 0 Å². The normalized spacial score (nSPS) is 12.8. The Kier molecular flexibility index (Phi) is 2.99. The molecule has 16 heavy (non-hydrogen) atoms. The molecule has 0 saturated heterocycles. The van der Waals surface area contributed by atoms with Gasteiger partial charge in [0.05, 0.1) is 28.9 Å². The molecule has 0 aliphatic rings. The van der Waals surface area contributed by atoms with E-state index in [2.05, 4.69) is 4.98 Å². The molecule has 0 spiro atoms. The fourth-order valence-electron chi connectivity index (χ4n) is 1.65. The van der Waals surface area contributed by atoms with Gasteiger partial charge in [0.1, 0.15) is 0 Å². The lowest BCUT2D eigenvalue weighted by Crippen LogP contribution is -2.10. The van der Waals surface area contributed by atoms with Crippen molar-refractivity contribution in [3.05, 3.63) is 47.0 Å². The number of nitrogens with two attached hydrogens (primary N) is 1. The van der Waals surface area contributed by atoms with Gasteiger partial charge in [0.15, 0.2) is 0 Å². The second kappa shape index (κ2) is 4.28. The summed E-state index contributed by atoms with van der Waals surface area (Å²) < 4.78 is 1.92. The molecule has 0 amide bonds. The highest BCUT2D eigenvalue weighted by atomic mass is 35.5. The van der Waals surface area contributed by atoms with E-state index in [9.17, 15) is 0 Å². The summed E-state index contributed by atoms with van der Waals surface area (Å²) in [5.41, 5.74) is 8.87. The van der Waals surface area contributed by atoms with Crippen molar-refractivity contribution in [1.82, 2.24) is 9.55 Å². The van der Waals surface area contributed by atoms with Crippen molar-refractivity contribution >= 4 is 11.6 Å². The number of hydrogen-bond acceptors (Lipinski definition) is 2. The number of imidazole rings is 1. The molecule has 3 nitrogen and oxygen atoms in total. The zero-order valence-electron chi connectivity index (χ0n) is 9.31. The van der Waals surface area contributed by atoms with Crippen LogP contribution in [0.4, 0.5) is 0 Å². The number of nitrogens with zero attached hydrogens (tertiary/aromatic N) is 2. The summed E-state index contributed by atoms with van der Waals surface area (Å²) in [4.78, 5) is 4.11. The molecular formula is C12H14ClN3. The standard InChI is InChI=1S/C12H14ClN3/c1-8-3-4-11(10(13)5-8)16-7-15-6-12(16)9(2)14/h3-7,9H,14H2,1-2H3. The van der Waals surface area contributed by atoms with Gasteiger partial charge in [-0.05, 0) is 31.5 Å². The van der Waals surface area contributed by atoms with Crippen LogP contribution in [-0.4, -0.2) is 9.55 Å². The van der Waals surface area contributed by atoms with E-state index in [-0.39, 0.29) is 6.04 Å². The molecule has 0 radical (unpaired) electrons. The summed E-state index contributed by atoms with van der Waals surface area (Å²) in [6.07, 6.45) is 3.50. The van der Waals surface area contributed by atoms with Crippen molar-refractivity contribution in [2.75, 3.05) is 0 Å². The zero-order valence-corrected chi connectivity index (χ0v) is 10.1. The van der Waals surface area contributed by atoms with Crippen LogP contribution in [0.2, 0.25) is 5.02 Å². The summed E-state index contributed by atoms with van der Waals surface area (Å²) in [5.74, 6) is 0. The van der Waals surface area contributed by atoms with E-state index in [1.54, 1.807) is 12.5 Å². The highest BCUT2D eigenvalue weighted by molar-refractivity contribution is 6.32. The minimum atomic E-state index is -0.0696. The Morgan fingerprint density at radius 2 is 2.19 bits per heavy atom. The Hall–Kier alpha value is -1.32. The number of aromatic nitrogens is 2. The highest BCUT2D eigenvalue weighted by Crippen LogP contribution is 2.24. The molecule has 0 aliphatic heterocycles. The third-order valence-corrected chi connectivity index (χ3v) is 2.80. The molecule has 1 unspecified atom stereocenters. The molecule has 0 fully saturated rings. The molecule has 1 atom stereocenters.